The molecule has 0 saturated heterocycles. The Labute approximate surface area is 370 Å². The summed E-state index contributed by atoms with van der Waals surface area (Å²) in [6.07, 6.45) is 4.74. The predicted octanol–water partition coefficient (Wildman–Crippen LogP) is 17.2. The van der Waals surface area contributed by atoms with E-state index in [1.54, 1.807) is 0 Å². The molecule has 0 spiro atoms. The van der Waals surface area contributed by atoms with Gasteiger partial charge in [-0.3, -0.25) is 0 Å². The van der Waals surface area contributed by atoms with Gasteiger partial charge in [-0.05, 0) is 143 Å². The Morgan fingerprint density at radius 3 is 1.92 bits per heavy atom. The molecule has 0 N–H and O–H groups in total. The van der Waals surface area contributed by atoms with Crippen molar-refractivity contribution < 1.29 is 0 Å². The van der Waals surface area contributed by atoms with Crippen molar-refractivity contribution in [2.24, 2.45) is 0 Å². The molecule has 0 saturated carbocycles. The fraction of sp³-hybridized carbons (Fsp3) is 0.0164. The molecule has 1 aromatic heterocycles. The fourth-order valence-electron chi connectivity index (χ4n) is 10.3. The predicted molar refractivity (Wildman–Crippen MR) is 270 cm³/mol. The molecule has 1 atom stereocenters. The molecule has 11 aromatic rings. The van der Waals surface area contributed by atoms with E-state index in [-0.39, 0.29) is 5.92 Å². The number of anilines is 3. The van der Waals surface area contributed by atoms with Gasteiger partial charge in [-0.15, -0.1) is 11.3 Å². The molecule has 0 aliphatic heterocycles. The van der Waals surface area contributed by atoms with Crippen molar-refractivity contribution in [3.63, 3.8) is 0 Å². The van der Waals surface area contributed by atoms with E-state index in [0.29, 0.717) is 0 Å². The number of hydrogen-bond donors (Lipinski definition) is 0. The van der Waals surface area contributed by atoms with E-state index in [2.05, 4.69) is 235 Å². The first-order chi connectivity index (χ1) is 31.2. The highest BCUT2D eigenvalue weighted by molar-refractivity contribution is 7.25. The van der Waals surface area contributed by atoms with Crippen LogP contribution < -0.4 is 4.90 Å². The van der Waals surface area contributed by atoms with E-state index in [1.165, 1.54) is 103 Å². The zero-order valence-electron chi connectivity index (χ0n) is 34.4. The van der Waals surface area contributed by atoms with Gasteiger partial charge in [0, 0.05) is 43.2 Å². The Morgan fingerprint density at radius 1 is 0.365 bits per heavy atom. The molecule has 2 aliphatic rings. The average Bonchev–Trinajstić information content (AvgIpc) is 3.90. The van der Waals surface area contributed by atoms with Gasteiger partial charge < -0.3 is 4.90 Å². The standard InChI is InChI=1S/C61H39NS/c1-2-12-41(13-3-1)60-55-19-7-6-17-53(55)56-32-26-45-36-44(25-31-52(45)61(56)60)43-15-10-14-42(35-43)39-23-27-47(28-24-39)62(49-30-34-59-57(38-49)54-18-8-9-20-58(54)63-59)48-29-33-51-46(37-48)22-21-40-11-4-5-16-50(40)51/h1-38,56H. The Bertz CT molecular complexity index is 3680. The molecule has 2 heteroatoms. The molecule has 0 amide bonds. The zero-order valence-corrected chi connectivity index (χ0v) is 35.2. The van der Waals surface area contributed by atoms with Crippen molar-refractivity contribution in [3.8, 4) is 22.3 Å². The van der Waals surface area contributed by atoms with E-state index in [4.69, 9.17) is 0 Å². The quantitative estimate of drug-likeness (QED) is 0.151. The number of rotatable bonds is 6. The second-order valence-electron chi connectivity index (χ2n) is 16.8. The number of benzene rings is 10. The number of allylic oxidation sites excluding steroid dienone is 2. The molecular weight excluding hydrogens is 779 g/mol. The summed E-state index contributed by atoms with van der Waals surface area (Å²) < 4.78 is 2.62. The highest BCUT2D eigenvalue weighted by Gasteiger charge is 2.34. The summed E-state index contributed by atoms with van der Waals surface area (Å²) >= 11 is 1.86. The van der Waals surface area contributed by atoms with Crippen molar-refractivity contribution in [3.05, 3.63) is 252 Å². The summed E-state index contributed by atoms with van der Waals surface area (Å²) in [5.41, 5.74) is 17.6. The molecule has 0 radical (unpaired) electrons. The minimum absolute atomic E-state index is 0.261. The second-order valence-corrected chi connectivity index (χ2v) is 17.9. The molecule has 2 aliphatic carbocycles. The maximum Gasteiger partial charge on any atom is 0.0468 e. The third kappa shape index (κ3) is 5.91. The maximum atomic E-state index is 2.41. The van der Waals surface area contributed by atoms with Crippen LogP contribution in [0, 0.1) is 0 Å². The van der Waals surface area contributed by atoms with Gasteiger partial charge in [-0.1, -0.05) is 170 Å². The van der Waals surface area contributed by atoms with Gasteiger partial charge in [0.05, 0.1) is 0 Å². The minimum atomic E-state index is 0.261. The van der Waals surface area contributed by atoms with Crippen LogP contribution in [0.15, 0.2) is 224 Å². The monoisotopic (exact) mass is 817 g/mol. The van der Waals surface area contributed by atoms with Gasteiger partial charge in [0.2, 0.25) is 0 Å². The topological polar surface area (TPSA) is 3.24 Å². The van der Waals surface area contributed by atoms with E-state index in [9.17, 15) is 0 Å². The van der Waals surface area contributed by atoms with Crippen LogP contribution in [0.2, 0.25) is 0 Å². The van der Waals surface area contributed by atoms with Crippen LogP contribution in [0.5, 0.6) is 0 Å². The molecule has 294 valence electrons. The molecule has 0 fully saturated rings. The Hall–Kier alpha value is -7.78. The van der Waals surface area contributed by atoms with Crippen LogP contribution in [-0.4, -0.2) is 0 Å². The highest BCUT2D eigenvalue weighted by Crippen LogP contribution is 2.53. The lowest BCUT2D eigenvalue weighted by atomic mass is 9.81. The summed E-state index contributed by atoms with van der Waals surface area (Å²) in [6.45, 7) is 0. The molecule has 1 heterocycles. The van der Waals surface area contributed by atoms with E-state index in [1.807, 2.05) is 11.3 Å². The fourth-order valence-corrected chi connectivity index (χ4v) is 11.4. The van der Waals surface area contributed by atoms with Crippen LogP contribution in [-0.2, 0) is 0 Å². The number of thiophene rings is 1. The summed E-state index contributed by atoms with van der Waals surface area (Å²) in [6, 6.07) is 80.7. The van der Waals surface area contributed by atoms with E-state index in [0.717, 1.165) is 17.1 Å². The van der Waals surface area contributed by atoms with Gasteiger partial charge in [0.15, 0.2) is 0 Å². The van der Waals surface area contributed by atoms with E-state index < -0.39 is 0 Å². The Morgan fingerprint density at radius 2 is 1.02 bits per heavy atom. The molecule has 1 nitrogen and oxygen atoms in total. The molecule has 63 heavy (non-hydrogen) atoms. The number of hydrogen-bond acceptors (Lipinski definition) is 2. The highest BCUT2D eigenvalue weighted by atomic mass is 32.1. The van der Waals surface area contributed by atoms with Crippen molar-refractivity contribution in [1.82, 2.24) is 0 Å². The lowest BCUT2D eigenvalue weighted by Crippen LogP contribution is -2.09. The number of fused-ring (bicyclic) bond motifs is 11. The summed E-state index contributed by atoms with van der Waals surface area (Å²) in [4.78, 5) is 2.41. The lowest BCUT2D eigenvalue weighted by molar-refractivity contribution is 1.12. The van der Waals surface area contributed by atoms with Crippen LogP contribution >= 0.6 is 11.3 Å². The van der Waals surface area contributed by atoms with Crippen LogP contribution in [0.1, 0.15) is 33.7 Å². The molecule has 10 aromatic carbocycles. The van der Waals surface area contributed by atoms with Crippen molar-refractivity contribution in [1.29, 1.82) is 0 Å². The van der Waals surface area contributed by atoms with Crippen molar-refractivity contribution >= 4 is 87.3 Å². The molecule has 1 unspecified atom stereocenters. The average molecular weight is 818 g/mol. The Kier molecular flexibility index (Phi) is 8.22. The molecule has 0 bridgehead atoms. The van der Waals surface area contributed by atoms with E-state index >= 15 is 0 Å². The van der Waals surface area contributed by atoms with Gasteiger partial charge in [-0.25, -0.2) is 0 Å². The number of nitrogens with zero attached hydrogens (tertiary/aromatic N) is 1. The summed E-state index contributed by atoms with van der Waals surface area (Å²) in [5.74, 6) is 0.261. The first-order valence-corrected chi connectivity index (χ1v) is 22.6. The molecular formula is C61H39NS. The normalized spacial score (nSPS) is 14.1. The zero-order chi connectivity index (χ0) is 41.4. The Balaban J connectivity index is 0.872. The van der Waals surface area contributed by atoms with Crippen LogP contribution in [0.4, 0.5) is 17.1 Å². The smallest absolute Gasteiger partial charge is 0.0468 e. The minimum Gasteiger partial charge on any atom is -0.310 e. The first kappa shape index (κ1) is 35.9. The third-order valence-corrected chi connectivity index (χ3v) is 14.4. The largest absolute Gasteiger partial charge is 0.310 e. The molecule has 13 rings (SSSR count). The van der Waals surface area contributed by atoms with Gasteiger partial charge in [0.25, 0.3) is 0 Å². The summed E-state index contributed by atoms with van der Waals surface area (Å²) in [7, 11) is 0. The maximum absolute atomic E-state index is 2.41. The van der Waals surface area contributed by atoms with Gasteiger partial charge in [0.1, 0.15) is 0 Å². The van der Waals surface area contributed by atoms with Crippen LogP contribution in [0.3, 0.4) is 0 Å². The van der Waals surface area contributed by atoms with Crippen LogP contribution in [0.25, 0.3) is 81.2 Å². The third-order valence-electron chi connectivity index (χ3n) is 13.3. The van der Waals surface area contributed by atoms with Crippen molar-refractivity contribution in [2.75, 3.05) is 4.90 Å². The first-order valence-electron chi connectivity index (χ1n) is 21.8. The SMILES string of the molecule is C1=CC2C(=C(c3ccccc3)c3ccccc32)c2ccc(-c3cccc(-c4ccc(N(c5ccc6c(ccc7ccccc76)c5)c5ccc6sc7ccccc7c6c5)cc4)c3)cc21. The lowest BCUT2D eigenvalue weighted by Gasteiger charge is -2.26. The summed E-state index contributed by atoms with van der Waals surface area (Å²) in [5, 5.41) is 7.63. The second kappa shape index (κ2) is 14.4. The van der Waals surface area contributed by atoms with Gasteiger partial charge in [-0.2, -0.15) is 0 Å². The van der Waals surface area contributed by atoms with Gasteiger partial charge >= 0.3 is 0 Å². The van der Waals surface area contributed by atoms with Crippen molar-refractivity contribution in [2.45, 2.75) is 5.92 Å².